The molecular weight excluding hydrogens is 282 g/mol. The number of nitrogens with two attached hydrogens (primary N) is 1. The van der Waals surface area contributed by atoms with E-state index in [0.717, 1.165) is 27.0 Å². The Labute approximate surface area is 109 Å². The van der Waals surface area contributed by atoms with Gasteiger partial charge in [0.05, 0.1) is 17.3 Å². The standard InChI is InChI=1S/C12H14BrN3O/c1-7-6-8(4-5-9(7)17-3)11-10(13)12(14)15-16(11)2/h4-6H,1-3H3,(H2,14,15). The average Bonchev–Trinajstić information content (AvgIpc) is 2.53. The molecule has 5 heteroatoms. The van der Waals surface area contributed by atoms with Crippen molar-refractivity contribution in [1.82, 2.24) is 9.78 Å². The van der Waals surface area contributed by atoms with Gasteiger partial charge >= 0.3 is 0 Å². The van der Waals surface area contributed by atoms with Crippen molar-refractivity contribution in [2.24, 2.45) is 7.05 Å². The van der Waals surface area contributed by atoms with E-state index >= 15 is 0 Å². The van der Waals surface area contributed by atoms with Gasteiger partial charge in [-0.2, -0.15) is 5.10 Å². The van der Waals surface area contributed by atoms with Crippen LogP contribution in [0.2, 0.25) is 0 Å². The Bertz CT molecular complexity index is 563. The first-order chi connectivity index (χ1) is 8.04. The zero-order valence-corrected chi connectivity index (χ0v) is 11.6. The number of rotatable bonds is 2. The molecule has 0 fully saturated rings. The molecule has 0 aliphatic carbocycles. The van der Waals surface area contributed by atoms with Gasteiger partial charge in [0.15, 0.2) is 5.82 Å². The van der Waals surface area contributed by atoms with Crippen LogP contribution in [0.5, 0.6) is 5.75 Å². The molecule has 0 saturated carbocycles. The number of nitrogen functional groups attached to an aromatic ring is 1. The summed E-state index contributed by atoms with van der Waals surface area (Å²) in [7, 11) is 3.54. The van der Waals surface area contributed by atoms with Crippen LogP contribution < -0.4 is 10.5 Å². The van der Waals surface area contributed by atoms with E-state index in [-0.39, 0.29) is 0 Å². The van der Waals surface area contributed by atoms with Crippen LogP contribution in [-0.2, 0) is 7.05 Å². The number of halogens is 1. The van der Waals surface area contributed by atoms with Crippen LogP contribution in [0.4, 0.5) is 5.82 Å². The van der Waals surface area contributed by atoms with E-state index in [2.05, 4.69) is 27.1 Å². The number of benzene rings is 1. The quantitative estimate of drug-likeness (QED) is 0.927. The van der Waals surface area contributed by atoms with Crippen molar-refractivity contribution in [3.63, 3.8) is 0 Å². The van der Waals surface area contributed by atoms with Gasteiger partial charge in [-0.05, 0) is 46.6 Å². The van der Waals surface area contributed by atoms with Crippen LogP contribution in [-0.4, -0.2) is 16.9 Å². The summed E-state index contributed by atoms with van der Waals surface area (Å²) in [5.74, 6) is 1.37. The Balaban J connectivity index is 2.57. The highest BCUT2D eigenvalue weighted by atomic mass is 79.9. The highest BCUT2D eigenvalue weighted by molar-refractivity contribution is 9.10. The predicted octanol–water partition coefficient (Wildman–Crippen LogP) is 2.75. The Hall–Kier alpha value is -1.49. The summed E-state index contributed by atoms with van der Waals surface area (Å²) in [5, 5.41) is 4.18. The second-order valence-corrected chi connectivity index (χ2v) is 4.65. The maximum absolute atomic E-state index is 5.77. The van der Waals surface area contributed by atoms with Gasteiger partial charge in [0.25, 0.3) is 0 Å². The molecule has 0 unspecified atom stereocenters. The van der Waals surface area contributed by atoms with Crippen molar-refractivity contribution in [1.29, 1.82) is 0 Å². The van der Waals surface area contributed by atoms with Gasteiger partial charge in [0, 0.05) is 12.6 Å². The zero-order valence-electron chi connectivity index (χ0n) is 9.99. The number of hydrogen-bond donors (Lipinski definition) is 1. The van der Waals surface area contributed by atoms with Crippen molar-refractivity contribution in [2.45, 2.75) is 6.92 Å². The minimum absolute atomic E-state index is 0.496. The second-order valence-electron chi connectivity index (χ2n) is 3.86. The molecule has 0 aliphatic heterocycles. The van der Waals surface area contributed by atoms with Crippen LogP contribution in [0.1, 0.15) is 5.56 Å². The Morgan fingerprint density at radius 2 is 2.12 bits per heavy atom. The molecule has 17 heavy (non-hydrogen) atoms. The van der Waals surface area contributed by atoms with Crippen LogP contribution in [0.25, 0.3) is 11.3 Å². The van der Waals surface area contributed by atoms with E-state index in [9.17, 15) is 0 Å². The Kier molecular flexibility index (Phi) is 3.11. The first-order valence-electron chi connectivity index (χ1n) is 5.17. The molecule has 1 heterocycles. The maximum Gasteiger partial charge on any atom is 0.160 e. The van der Waals surface area contributed by atoms with Crippen LogP contribution in [0.3, 0.4) is 0 Å². The van der Waals surface area contributed by atoms with Crippen LogP contribution in [0.15, 0.2) is 22.7 Å². The lowest BCUT2D eigenvalue weighted by atomic mass is 10.1. The summed E-state index contributed by atoms with van der Waals surface area (Å²) in [6.07, 6.45) is 0. The number of hydrogen-bond acceptors (Lipinski definition) is 3. The van der Waals surface area contributed by atoms with E-state index in [1.807, 2.05) is 26.1 Å². The number of methoxy groups -OCH3 is 1. The van der Waals surface area contributed by atoms with Gasteiger partial charge in [-0.25, -0.2) is 0 Å². The van der Waals surface area contributed by atoms with Crippen LogP contribution >= 0.6 is 15.9 Å². The highest BCUT2D eigenvalue weighted by Gasteiger charge is 2.14. The highest BCUT2D eigenvalue weighted by Crippen LogP contribution is 2.34. The fourth-order valence-corrected chi connectivity index (χ4v) is 2.42. The third-order valence-electron chi connectivity index (χ3n) is 2.68. The molecule has 1 aromatic carbocycles. The van der Waals surface area contributed by atoms with Gasteiger partial charge in [0.1, 0.15) is 5.75 Å². The van der Waals surface area contributed by atoms with Gasteiger partial charge < -0.3 is 10.5 Å². The van der Waals surface area contributed by atoms with Gasteiger partial charge in [-0.3, -0.25) is 4.68 Å². The topological polar surface area (TPSA) is 53.1 Å². The summed E-state index contributed by atoms with van der Waals surface area (Å²) in [4.78, 5) is 0. The van der Waals surface area contributed by atoms with Crippen molar-refractivity contribution in [2.75, 3.05) is 12.8 Å². The average molecular weight is 296 g/mol. The van der Waals surface area contributed by atoms with E-state index in [0.29, 0.717) is 5.82 Å². The number of aryl methyl sites for hydroxylation is 2. The second kappa shape index (κ2) is 4.41. The number of aromatic nitrogens is 2. The smallest absolute Gasteiger partial charge is 0.160 e. The number of anilines is 1. The molecule has 2 rings (SSSR count). The van der Waals surface area contributed by atoms with Gasteiger partial charge in [-0.15, -0.1) is 0 Å². The van der Waals surface area contributed by atoms with E-state index in [4.69, 9.17) is 10.5 Å². The van der Waals surface area contributed by atoms with Crippen LogP contribution in [0, 0.1) is 6.92 Å². The summed E-state index contributed by atoms with van der Waals surface area (Å²) < 4.78 is 7.83. The molecule has 1 aromatic heterocycles. The molecule has 0 bridgehead atoms. The molecule has 2 aromatic rings. The SMILES string of the molecule is COc1ccc(-c2c(Br)c(N)nn2C)cc1C. The summed E-state index contributed by atoms with van der Waals surface area (Å²) in [6.45, 7) is 2.01. The van der Waals surface area contributed by atoms with Gasteiger partial charge in [0.2, 0.25) is 0 Å². The molecule has 4 nitrogen and oxygen atoms in total. The van der Waals surface area contributed by atoms with Crippen molar-refractivity contribution < 1.29 is 4.74 Å². The molecule has 0 spiro atoms. The first-order valence-corrected chi connectivity index (χ1v) is 5.97. The molecule has 0 radical (unpaired) electrons. The largest absolute Gasteiger partial charge is 0.496 e. The van der Waals surface area contributed by atoms with E-state index in [1.54, 1.807) is 11.8 Å². The normalized spacial score (nSPS) is 10.6. The Morgan fingerprint density at radius 1 is 1.41 bits per heavy atom. The maximum atomic E-state index is 5.77. The number of nitrogens with zero attached hydrogens (tertiary/aromatic N) is 2. The minimum atomic E-state index is 0.496. The fraction of sp³-hybridized carbons (Fsp3) is 0.250. The fourth-order valence-electron chi connectivity index (χ4n) is 1.86. The lowest BCUT2D eigenvalue weighted by Crippen LogP contribution is -1.95. The lowest BCUT2D eigenvalue weighted by molar-refractivity contribution is 0.412. The summed E-state index contributed by atoms with van der Waals surface area (Å²) in [5.41, 5.74) is 8.87. The first kappa shape index (κ1) is 12.0. The third kappa shape index (κ3) is 2.02. The zero-order chi connectivity index (χ0) is 12.6. The van der Waals surface area contributed by atoms with Crippen molar-refractivity contribution in [3.8, 4) is 17.0 Å². The molecule has 90 valence electrons. The van der Waals surface area contributed by atoms with E-state index < -0.39 is 0 Å². The summed E-state index contributed by atoms with van der Waals surface area (Å²) >= 11 is 3.46. The predicted molar refractivity (Wildman–Crippen MR) is 72.0 cm³/mol. The molecule has 0 amide bonds. The molecule has 0 aliphatic rings. The Morgan fingerprint density at radius 3 is 2.59 bits per heavy atom. The monoisotopic (exact) mass is 295 g/mol. The molecule has 0 atom stereocenters. The lowest BCUT2D eigenvalue weighted by Gasteiger charge is -2.08. The van der Waals surface area contributed by atoms with Gasteiger partial charge in [-0.1, -0.05) is 0 Å². The van der Waals surface area contributed by atoms with E-state index in [1.165, 1.54) is 0 Å². The summed E-state index contributed by atoms with van der Waals surface area (Å²) in [6, 6.07) is 5.99. The third-order valence-corrected chi connectivity index (χ3v) is 3.46. The minimum Gasteiger partial charge on any atom is -0.496 e. The molecule has 0 saturated heterocycles. The number of ether oxygens (including phenoxy) is 1. The molecule has 2 N–H and O–H groups in total. The molecular formula is C12H14BrN3O. The van der Waals surface area contributed by atoms with Crippen molar-refractivity contribution >= 4 is 21.7 Å². The van der Waals surface area contributed by atoms with Crippen molar-refractivity contribution in [3.05, 3.63) is 28.2 Å².